The summed E-state index contributed by atoms with van der Waals surface area (Å²) >= 11 is 0. The lowest BCUT2D eigenvalue weighted by molar-refractivity contribution is -0.131. The Morgan fingerprint density at radius 2 is 1.94 bits per heavy atom. The number of ether oxygens (including phenoxy) is 1. The Morgan fingerprint density at radius 3 is 2.68 bits per heavy atom. The first kappa shape index (κ1) is 21.5. The largest absolute Gasteiger partial charge is 0.427 e. The van der Waals surface area contributed by atoms with E-state index >= 15 is 0 Å². The van der Waals surface area contributed by atoms with Crippen LogP contribution in [0.4, 0.5) is 0 Å². The predicted octanol–water partition coefficient (Wildman–Crippen LogP) is 2.75. The summed E-state index contributed by atoms with van der Waals surface area (Å²) in [5.41, 5.74) is 1.38. The predicted molar refractivity (Wildman–Crippen MR) is 118 cm³/mol. The zero-order chi connectivity index (χ0) is 22.0. The van der Waals surface area contributed by atoms with Crippen LogP contribution in [0.15, 0.2) is 54.6 Å². The molecule has 1 amide bonds. The molecule has 1 saturated carbocycles. The molecule has 2 aromatic rings. The molecular formula is C25H30N2O4. The van der Waals surface area contributed by atoms with Crippen LogP contribution in [0, 0.1) is 5.92 Å². The standard InChI is InChI=1S/C25H30N2O4/c1-17(28)31-21-10-6-9-19(13-21)25-11-12-27(2)16-22(25)23(29)14-20(15-25)26-24(30)18-7-4-3-5-8-18/h3-10,13,20,22-23,29H,11-12,14-16H2,1-2H3,(H,26,30)/t20-,22?,23?,25?/m0/s1. The lowest BCUT2D eigenvalue weighted by Crippen LogP contribution is -2.60. The number of piperidine rings is 1. The SMILES string of the molecule is CC(=O)Oc1cccc(C23CCN(C)CC2C(O)C[C@H](NC(=O)c2ccccc2)C3)c1. The van der Waals surface area contributed by atoms with E-state index < -0.39 is 6.10 Å². The van der Waals surface area contributed by atoms with Crippen molar-refractivity contribution in [3.05, 3.63) is 65.7 Å². The molecule has 2 N–H and O–H groups in total. The van der Waals surface area contributed by atoms with Crippen molar-refractivity contribution in [1.82, 2.24) is 10.2 Å². The first-order chi connectivity index (χ1) is 14.9. The van der Waals surface area contributed by atoms with Crippen LogP contribution in [0.2, 0.25) is 0 Å². The first-order valence-electron chi connectivity index (χ1n) is 10.9. The number of likely N-dealkylation sites (tertiary alicyclic amines) is 1. The van der Waals surface area contributed by atoms with E-state index in [-0.39, 0.29) is 29.3 Å². The monoisotopic (exact) mass is 422 g/mol. The highest BCUT2D eigenvalue weighted by Crippen LogP contribution is 2.49. The fourth-order valence-corrected chi connectivity index (χ4v) is 5.38. The summed E-state index contributed by atoms with van der Waals surface area (Å²) in [7, 11) is 2.08. The van der Waals surface area contributed by atoms with Crippen molar-refractivity contribution < 1.29 is 19.4 Å². The molecule has 6 nitrogen and oxygen atoms in total. The molecule has 2 aromatic carbocycles. The van der Waals surface area contributed by atoms with Gasteiger partial charge in [-0.1, -0.05) is 30.3 Å². The average molecular weight is 423 g/mol. The van der Waals surface area contributed by atoms with Crippen molar-refractivity contribution in [3.63, 3.8) is 0 Å². The van der Waals surface area contributed by atoms with E-state index in [1.807, 2.05) is 30.3 Å². The number of fused-ring (bicyclic) bond motifs is 1. The van der Waals surface area contributed by atoms with Crippen LogP contribution in [0.3, 0.4) is 0 Å². The molecular weight excluding hydrogens is 392 g/mol. The van der Waals surface area contributed by atoms with Gasteiger partial charge in [-0.2, -0.15) is 0 Å². The van der Waals surface area contributed by atoms with E-state index in [0.29, 0.717) is 17.7 Å². The maximum absolute atomic E-state index is 12.8. The third-order valence-electron chi connectivity index (χ3n) is 6.80. The van der Waals surface area contributed by atoms with Gasteiger partial charge in [0.2, 0.25) is 0 Å². The van der Waals surface area contributed by atoms with E-state index in [1.54, 1.807) is 18.2 Å². The summed E-state index contributed by atoms with van der Waals surface area (Å²) < 4.78 is 5.34. The number of carbonyl (C=O) groups is 2. The Hall–Kier alpha value is -2.70. The number of esters is 1. The molecule has 164 valence electrons. The van der Waals surface area contributed by atoms with E-state index in [1.165, 1.54) is 6.92 Å². The van der Waals surface area contributed by atoms with Crippen LogP contribution in [-0.2, 0) is 10.2 Å². The van der Waals surface area contributed by atoms with Gasteiger partial charge in [0, 0.05) is 36.4 Å². The number of rotatable bonds is 4. The van der Waals surface area contributed by atoms with E-state index in [4.69, 9.17) is 4.74 Å². The molecule has 1 aliphatic carbocycles. The summed E-state index contributed by atoms with van der Waals surface area (Å²) in [5, 5.41) is 14.3. The van der Waals surface area contributed by atoms with Crippen LogP contribution in [0.5, 0.6) is 5.75 Å². The highest BCUT2D eigenvalue weighted by Gasteiger charge is 2.51. The fraction of sp³-hybridized carbons (Fsp3) is 0.440. The van der Waals surface area contributed by atoms with Crippen molar-refractivity contribution in [1.29, 1.82) is 0 Å². The van der Waals surface area contributed by atoms with E-state index in [0.717, 1.165) is 31.5 Å². The summed E-state index contributed by atoms with van der Waals surface area (Å²) in [5.74, 6) is 0.0879. The zero-order valence-electron chi connectivity index (χ0n) is 18.1. The summed E-state index contributed by atoms with van der Waals surface area (Å²) in [6.45, 7) is 3.08. The third kappa shape index (κ3) is 4.50. The first-order valence-corrected chi connectivity index (χ1v) is 10.9. The zero-order valence-corrected chi connectivity index (χ0v) is 18.1. The number of hydrogen-bond donors (Lipinski definition) is 2. The van der Waals surface area contributed by atoms with Crippen molar-refractivity contribution in [2.75, 3.05) is 20.1 Å². The molecule has 1 heterocycles. The average Bonchev–Trinajstić information content (AvgIpc) is 2.75. The molecule has 0 aromatic heterocycles. The lowest BCUT2D eigenvalue weighted by Gasteiger charge is -2.54. The second-order valence-corrected chi connectivity index (χ2v) is 8.94. The molecule has 0 spiro atoms. The summed E-state index contributed by atoms with van der Waals surface area (Å²) in [6.07, 6.45) is 1.61. The molecule has 31 heavy (non-hydrogen) atoms. The molecule has 2 aliphatic rings. The van der Waals surface area contributed by atoms with Gasteiger partial charge >= 0.3 is 5.97 Å². The van der Waals surface area contributed by atoms with Gasteiger partial charge in [-0.3, -0.25) is 9.59 Å². The Bertz CT molecular complexity index is 948. The Labute approximate surface area is 183 Å². The molecule has 1 saturated heterocycles. The van der Waals surface area contributed by atoms with Crippen LogP contribution in [-0.4, -0.2) is 54.2 Å². The minimum atomic E-state index is -0.532. The van der Waals surface area contributed by atoms with Gasteiger partial charge in [0.1, 0.15) is 5.75 Å². The Morgan fingerprint density at radius 1 is 1.16 bits per heavy atom. The number of hydrogen-bond acceptors (Lipinski definition) is 5. The normalized spacial score (nSPS) is 28.4. The maximum atomic E-state index is 12.8. The number of amides is 1. The smallest absolute Gasteiger partial charge is 0.308 e. The summed E-state index contributed by atoms with van der Waals surface area (Å²) in [4.78, 5) is 26.5. The van der Waals surface area contributed by atoms with Gasteiger partial charge in [-0.05, 0) is 62.7 Å². The molecule has 2 fully saturated rings. The Balaban J connectivity index is 1.65. The molecule has 1 aliphatic heterocycles. The van der Waals surface area contributed by atoms with Crippen LogP contribution in [0.25, 0.3) is 0 Å². The topological polar surface area (TPSA) is 78.9 Å². The minimum absolute atomic E-state index is 0.0451. The van der Waals surface area contributed by atoms with Crippen LogP contribution >= 0.6 is 0 Å². The number of benzene rings is 2. The van der Waals surface area contributed by atoms with Crippen molar-refractivity contribution >= 4 is 11.9 Å². The summed E-state index contributed by atoms with van der Waals surface area (Å²) in [6, 6.07) is 16.7. The van der Waals surface area contributed by atoms with Gasteiger partial charge in [-0.25, -0.2) is 0 Å². The second kappa shape index (κ2) is 8.81. The number of carbonyl (C=O) groups excluding carboxylic acids is 2. The third-order valence-corrected chi connectivity index (χ3v) is 6.80. The number of nitrogens with zero attached hydrogens (tertiary/aromatic N) is 1. The molecule has 4 rings (SSSR count). The molecule has 6 heteroatoms. The molecule has 4 atom stereocenters. The van der Waals surface area contributed by atoms with Gasteiger partial charge in [0.15, 0.2) is 0 Å². The second-order valence-electron chi connectivity index (χ2n) is 8.94. The van der Waals surface area contributed by atoms with Crippen molar-refractivity contribution in [2.24, 2.45) is 5.92 Å². The van der Waals surface area contributed by atoms with Gasteiger partial charge in [0.05, 0.1) is 6.10 Å². The highest BCUT2D eigenvalue weighted by molar-refractivity contribution is 5.94. The fourth-order valence-electron chi connectivity index (χ4n) is 5.38. The van der Waals surface area contributed by atoms with Gasteiger partial charge < -0.3 is 20.1 Å². The number of aliphatic hydroxyl groups is 1. The Kier molecular flexibility index (Phi) is 6.12. The van der Waals surface area contributed by atoms with Crippen LogP contribution in [0.1, 0.15) is 42.1 Å². The van der Waals surface area contributed by atoms with Crippen LogP contribution < -0.4 is 10.1 Å². The number of nitrogens with one attached hydrogen (secondary N) is 1. The molecule has 0 radical (unpaired) electrons. The molecule has 3 unspecified atom stereocenters. The highest BCUT2D eigenvalue weighted by atomic mass is 16.5. The number of aliphatic hydroxyl groups excluding tert-OH is 1. The van der Waals surface area contributed by atoms with Gasteiger partial charge in [0.25, 0.3) is 5.91 Å². The van der Waals surface area contributed by atoms with Gasteiger partial charge in [-0.15, -0.1) is 0 Å². The van der Waals surface area contributed by atoms with Crippen molar-refractivity contribution in [2.45, 2.75) is 43.7 Å². The van der Waals surface area contributed by atoms with Crippen molar-refractivity contribution in [3.8, 4) is 5.75 Å². The minimum Gasteiger partial charge on any atom is -0.427 e. The van der Waals surface area contributed by atoms with E-state index in [2.05, 4.69) is 23.3 Å². The lowest BCUT2D eigenvalue weighted by atomic mass is 9.57. The van der Waals surface area contributed by atoms with E-state index in [9.17, 15) is 14.7 Å². The molecule has 0 bridgehead atoms. The quantitative estimate of drug-likeness (QED) is 0.585. The maximum Gasteiger partial charge on any atom is 0.308 e.